The molecule has 1 amide bonds. The number of hydrogen-bond donors (Lipinski definition) is 1. The molecule has 0 saturated heterocycles. The molecule has 0 aromatic carbocycles. The van der Waals surface area contributed by atoms with Gasteiger partial charge >= 0.3 is 18.4 Å². The van der Waals surface area contributed by atoms with Gasteiger partial charge in [-0.25, -0.2) is 14.8 Å². The fourth-order valence-electron chi connectivity index (χ4n) is 3.33. The van der Waals surface area contributed by atoms with Gasteiger partial charge < -0.3 is 14.4 Å². The smallest absolute Gasteiger partial charge is 0.430 e. The van der Waals surface area contributed by atoms with E-state index < -0.39 is 41.5 Å². The molecular weight excluding hydrogens is 506 g/mol. The van der Waals surface area contributed by atoms with Gasteiger partial charge in [-0.15, -0.1) is 0 Å². The van der Waals surface area contributed by atoms with Crippen LogP contribution in [0.15, 0.2) is 24.4 Å². The molecule has 1 N–H and O–H groups in total. The highest BCUT2D eigenvalue weighted by Gasteiger charge is 2.49. The van der Waals surface area contributed by atoms with Gasteiger partial charge in [0.15, 0.2) is 0 Å². The van der Waals surface area contributed by atoms with E-state index >= 15 is 0 Å². The van der Waals surface area contributed by atoms with Crippen LogP contribution in [0.5, 0.6) is 0 Å². The van der Waals surface area contributed by atoms with E-state index in [1.807, 2.05) is 5.32 Å². The molecule has 13 heteroatoms. The van der Waals surface area contributed by atoms with Crippen molar-refractivity contribution in [2.75, 3.05) is 37.5 Å². The third-order valence-electron chi connectivity index (χ3n) is 5.11. The zero-order valence-corrected chi connectivity index (χ0v) is 21.0. The second-order valence-corrected chi connectivity index (χ2v) is 8.38. The molecule has 0 fully saturated rings. The summed E-state index contributed by atoms with van der Waals surface area (Å²) < 4.78 is 89.7. The lowest BCUT2D eigenvalue weighted by Crippen LogP contribution is -2.34. The van der Waals surface area contributed by atoms with Crippen molar-refractivity contribution in [2.45, 2.75) is 58.0 Å². The monoisotopic (exact) mass is 536 g/mol. The van der Waals surface area contributed by atoms with E-state index in [1.54, 1.807) is 0 Å². The molecule has 0 saturated carbocycles. The maximum Gasteiger partial charge on any atom is 0.430 e. The number of halogens is 6. The molecule has 0 bridgehead atoms. The Morgan fingerprint density at radius 3 is 2.32 bits per heavy atom. The predicted octanol–water partition coefficient (Wildman–Crippen LogP) is 7.00. The number of pyridine rings is 2. The average Bonchev–Trinajstić information content (AvgIpc) is 2.82. The summed E-state index contributed by atoms with van der Waals surface area (Å²) in [7, 11) is 2.88. The van der Waals surface area contributed by atoms with Crippen LogP contribution in [0.3, 0.4) is 0 Å². The number of amides is 1. The van der Waals surface area contributed by atoms with Crippen molar-refractivity contribution < 1.29 is 40.6 Å². The van der Waals surface area contributed by atoms with Crippen LogP contribution in [-0.4, -0.2) is 49.5 Å². The molecule has 1 unspecified atom stereocenters. The first-order chi connectivity index (χ1) is 17.3. The summed E-state index contributed by atoms with van der Waals surface area (Å²) in [5.74, 6) is -0.568. The van der Waals surface area contributed by atoms with Crippen LogP contribution < -0.4 is 10.2 Å². The molecular formula is C24H30F6N4O3. The number of unbranched alkanes of at least 4 members (excludes halogenated alkanes) is 2. The maximum atomic E-state index is 13.4. The van der Waals surface area contributed by atoms with E-state index in [0.29, 0.717) is 6.07 Å². The quantitative estimate of drug-likeness (QED) is 0.289. The van der Waals surface area contributed by atoms with Crippen LogP contribution in [0.4, 0.5) is 42.8 Å². The minimum absolute atomic E-state index is 0.111. The highest BCUT2D eigenvalue weighted by atomic mass is 19.4. The molecule has 7 nitrogen and oxygen atoms in total. The fourth-order valence-corrected chi connectivity index (χ4v) is 3.33. The van der Waals surface area contributed by atoms with Gasteiger partial charge in [0.2, 0.25) is 6.10 Å². The van der Waals surface area contributed by atoms with Crippen molar-refractivity contribution in [2.24, 2.45) is 0 Å². The van der Waals surface area contributed by atoms with Gasteiger partial charge in [-0.2, -0.15) is 26.3 Å². The Labute approximate surface area is 211 Å². The van der Waals surface area contributed by atoms with E-state index in [1.165, 1.54) is 38.3 Å². The normalized spacial score (nSPS) is 15.2. The summed E-state index contributed by atoms with van der Waals surface area (Å²) >= 11 is 0. The lowest BCUT2D eigenvalue weighted by Gasteiger charge is -2.29. The molecule has 0 radical (unpaired) electrons. The van der Waals surface area contributed by atoms with Crippen molar-refractivity contribution in [3.8, 4) is 11.3 Å². The Bertz CT molecular complexity index is 1040. The first-order valence-electron chi connectivity index (χ1n) is 11.7. The van der Waals surface area contributed by atoms with Crippen molar-refractivity contribution >= 4 is 17.7 Å². The van der Waals surface area contributed by atoms with E-state index in [2.05, 4.69) is 28.6 Å². The zero-order valence-electron chi connectivity index (χ0n) is 21.0. The highest BCUT2D eigenvalue weighted by molar-refractivity contribution is 5.89. The summed E-state index contributed by atoms with van der Waals surface area (Å²) in [5, 5.41) is 2.02. The number of carbonyl (C=O) groups is 1. The molecule has 3 rings (SSSR count). The lowest BCUT2D eigenvalue weighted by molar-refractivity contribution is -0.206. The van der Waals surface area contributed by atoms with E-state index in [9.17, 15) is 31.1 Å². The zero-order chi connectivity index (χ0) is 27.8. The lowest BCUT2D eigenvalue weighted by atomic mass is 9.98. The minimum Gasteiger partial charge on any atom is -0.431 e. The molecule has 1 aliphatic rings. The standard InChI is InChI=1S/C16H12F6N4O2.C8H18O/c1-26(2)10-6-7(15(17,18)19)5-9(24-10)8-3-4-23-13-11(8)12(16(20,21)22)28-14(27)25-13;1-3-5-6-8-9-7-4-2/h3-6,12H,1-2H3,(H,23,25,27);3-8H2,1-2H3. The number of alkyl halides is 6. The molecule has 206 valence electrons. The van der Waals surface area contributed by atoms with Crippen molar-refractivity contribution in [1.82, 2.24) is 9.97 Å². The van der Waals surface area contributed by atoms with Crippen LogP contribution in [0.2, 0.25) is 0 Å². The first-order valence-corrected chi connectivity index (χ1v) is 11.7. The van der Waals surface area contributed by atoms with Crippen LogP contribution in [0, 0.1) is 0 Å². The highest BCUT2D eigenvalue weighted by Crippen LogP contribution is 2.46. The molecule has 1 atom stereocenters. The van der Waals surface area contributed by atoms with E-state index in [-0.39, 0.29) is 17.1 Å². The van der Waals surface area contributed by atoms with Crippen LogP contribution in [0.1, 0.15) is 56.8 Å². The maximum absolute atomic E-state index is 13.4. The first kappa shape index (κ1) is 30.1. The van der Waals surface area contributed by atoms with Gasteiger partial charge in [0, 0.05) is 39.1 Å². The number of aromatic nitrogens is 2. The molecule has 2 aromatic heterocycles. The average molecular weight is 537 g/mol. The van der Waals surface area contributed by atoms with Crippen LogP contribution >= 0.6 is 0 Å². The van der Waals surface area contributed by atoms with Gasteiger partial charge in [-0.3, -0.25) is 5.32 Å². The minimum atomic E-state index is -5.00. The van der Waals surface area contributed by atoms with Crippen molar-refractivity contribution in [3.05, 3.63) is 35.5 Å². The summed E-state index contributed by atoms with van der Waals surface area (Å²) in [6, 6.07) is 2.49. The van der Waals surface area contributed by atoms with E-state index in [0.717, 1.165) is 38.0 Å². The number of anilines is 2. The van der Waals surface area contributed by atoms with Crippen LogP contribution in [0.25, 0.3) is 11.3 Å². The second kappa shape index (κ2) is 12.9. The van der Waals surface area contributed by atoms with Gasteiger partial charge in [0.05, 0.1) is 16.8 Å². The second-order valence-electron chi connectivity index (χ2n) is 8.38. The molecule has 1 aliphatic heterocycles. The summed E-state index contributed by atoms with van der Waals surface area (Å²) in [6.07, 6.45) is -7.78. The number of hydrogen-bond acceptors (Lipinski definition) is 6. The Hall–Kier alpha value is -3.09. The largest absolute Gasteiger partial charge is 0.431 e. The number of carbonyl (C=O) groups excluding carboxylic acids is 1. The Morgan fingerprint density at radius 1 is 1.05 bits per heavy atom. The number of nitrogens with one attached hydrogen (secondary N) is 1. The fraction of sp³-hybridized carbons (Fsp3) is 0.542. The molecule has 37 heavy (non-hydrogen) atoms. The van der Waals surface area contributed by atoms with Gasteiger partial charge in [-0.05, 0) is 31.0 Å². The van der Waals surface area contributed by atoms with Gasteiger partial charge in [0.1, 0.15) is 11.6 Å². The topological polar surface area (TPSA) is 76.6 Å². The van der Waals surface area contributed by atoms with Crippen molar-refractivity contribution in [3.63, 3.8) is 0 Å². The molecule has 0 spiro atoms. The predicted molar refractivity (Wildman–Crippen MR) is 126 cm³/mol. The van der Waals surface area contributed by atoms with E-state index in [4.69, 9.17) is 4.74 Å². The summed E-state index contributed by atoms with van der Waals surface area (Å²) in [5.41, 5.74) is -2.37. The Morgan fingerprint density at radius 2 is 1.76 bits per heavy atom. The molecule has 3 heterocycles. The number of nitrogens with zero attached hydrogens (tertiary/aromatic N) is 3. The van der Waals surface area contributed by atoms with Crippen molar-refractivity contribution in [1.29, 1.82) is 0 Å². The summed E-state index contributed by atoms with van der Waals surface area (Å²) in [6.45, 7) is 6.24. The van der Waals surface area contributed by atoms with Crippen LogP contribution in [-0.2, 0) is 15.7 Å². The van der Waals surface area contributed by atoms with Gasteiger partial charge in [0.25, 0.3) is 0 Å². The summed E-state index contributed by atoms with van der Waals surface area (Å²) in [4.78, 5) is 20.4. The Balaban J connectivity index is 0.000000458. The number of fused-ring (bicyclic) bond motifs is 1. The third kappa shape index (κ3) is 8.48. The SMILES string of the molecule is CCCCCOCCC.CN(C)c1cc(C(F)(F)F)cc(-c2ccnc3c2C(C(F)(F)F)OC(=O)N3)n1. The van der Waals surface area contributed by atoms with Gasteiger partial charge in [-0.1, -0.05) is 26.7 Å². The molecule has 0 aliphatic carbocycles. The third-order valence-corrected chi connectivity index (χ3v) is 5.11. The number of cyclic esters (lactones) is 1. The Kier molecular flexibility index (Phi) is 10.5. The number of rotatable bonds is 8. The number of ether oxygens (including phenoxy) is 2. The molecule has 2 aromatic rings.